The minimum atomic E-state index is -0.0941. The van der Waals surface area contributed by atoms with Crippen LogP contribution in [0.5, 0.6) is 0 Å². The molecule has 0 saturated heterocycles. The number of carbonyl (C=O) groups excluding carboxylic acids is 1. The average Bonchev–Trinajstić information content (AvgIpc) is 2.46. The first-order valence-electron chi connectivity index (χ1n) is 7.82. The van der Waals surface area contributed by atoms with Gasteiger partial charge in [-0.25, -0.2) is 0 Å². The maximum absolute atomic E-state index is 11.6. The molecule has 2 nitrogen and oxygen atoms in total. The fraction of sp³-hybridized carbons (Fsp3) is 0.611. The van der Waals surface area contributed by atoms with Crippen LogP contribution < -0.4 is 0 Å². The van der Waals surface area contributed by atoms with Crippen molar-refractivity contribution >= 4 is 6.29 Å². The van der Waals surface area contributed by atoms with Crippen LogP contribution in [0.15, 0.2) is 30.3 Å². The van der Waals surface area contributed by atoms with Crippen LogP contribution >= 0.6 is 0 Å². The lowest BCUT2D eigenvalue weighted by molar-refractivity contribution is -0.119. The normalized spacial score (nSPS) is 26.6. The molecule has 2 unspecified atom stereocenters. The van der Waals surface area contributed by atoms with Crippen LogP contribution in [0.4, 0.5) is 0 Å². The van der Waals surface area contributed by atoms with Gasteiger partial charge in [-0.3, -0.25) is 0 Å². The van der Waals surface area contributed by atoms with Gasteiger partial charge in [-0.1, -0.05) is 50.1 Å². The summed E-state index contributed by atoms with van der Waals surface area (Å²) in [5, 5.41) is 0. The summed E-state index contributed by atoms with van der Waals surface area (Å²) in [6.07, 6.45) is 6.90. The number of aldehydes is 1. The Balaban J connectivity index is 1.86. The van der Waals surface area contributed by atoms with Crippen molar-refractivity contribution in [1.29, 1.82) is 0 Å². The molecule has 110 valence electrons. The van der Waals surface area contributed by atoms with E-state index in [1.165, 1.54) is 24.7 Å². The van der Waals surface area contributed by atoms with E-state index in [9.17, 15) is 4.79 Å². The standard InChI is InChI=1S/C18H27NO/c1-16-7-6-11-18(13-16,15-20)14-19(2)12-10-17-8-4-3-5-9-17/h3-5,8-9,15-16H,6-7,10-14H2,1-2H3. The average molecular weight is 273 g/mol. The molecule has 1 saturated carbocycles. The van der Waals surface area contributed by atoms with Crippen LogP contribution in [0.25, 0.3) is 0 Å². The van der Waals surface area contributed by atoms with Gasteiger partial charge >= 0.3 is 0 Å². The number of nitrogens with zero attached hydrogens (tertiary/aromatic N) is 1. The summed E-state index contributed by atoms with van der Waals surface area (Å²) in [5.74, 6) is 0.691. The molecule has 0 heterocycles. The maximum atomic E-state index is 11.6. The van der Waals surface area contributed by atoms with E-state index in [1.807, 2.05) is 0 Å². The van der Waals surface area contributed by atoms with Crippen molar-refractivity contribution in [2.45, 2.75) is 39.0 Å². The van der Waals surface area contributed by atoms with Crippen molar-refractivity contribution in [3.8, 4) is 0 Å². The molecular weight excluding hydrogens is 246 g/mol. The lowest BCUT2D eigenvalue weighted by Gasteiger charge is -2.38. The van der Waals surface area contributed by atoms with Crippen molar-refractivity contribution < 1.29 is 4.79 Å². The summed E-state index contributed by atoms with van der Waals surface area (Å²) in [6, 6.07) is 10.6. The van der Waals surface area contributed by atoms with Crippen LogP contribution in [0, 0.1) is 11.3 Å². The lowest BCUT2D eigenvalue weighted by Crippen LogP contribution is -2.41. The first-order valence-corrected chi connectivity index (χ1v) is 7.82. The van der Waals surface area contributed by atoms with Gasteiger partial charge < -0.3 is 9.69 Å². The van der Waals surface area contributed by atoms with Gasteiger partial charge in [-0.15, -0.1) is 0 Å². The Morgan fingerprint density at radius 1 is 1.35 bits per heavy atom. The van der Waals surface area contributed by atoms with Gasteiger partial charge in [-0.05, 0) is 37.8 Å². The summed E-state index contributed by atoms with van der Waals surface area (Å²) in [4.78, 5) is 13.9. The zero-order chi connectivity index (χ0) is 14.4. The Morgan fingerprint density at radius 2 is 2.10 bits per heavy atom. The Labute approximate surface area is 123 Å². The minimum Gasteiger partial charge on any atom is -0.305 e. The molecule has 2 rings (SSSR count). The summed E-state index contributed by atoms with van der Waals surface area (Å²) in [5.41, 5.74) is 1.28. The molecule has 2 heteroatoms. The minimum absolute atomic E-state index is 0.0941. The van der Waals surface area contributed by atoms with Crippen molar-refractivity contribution in [3.05, 3.63) is 35.9 Å². The number of rotatable bonds is 6. The molecule has 1 aromatic carbocycles. The molecule has 1 aliphatic carbocycles. The Hall–Kier alpha value is -1.15. The van der Waals surface area contributed by atoms with E-state index in [2.05, 4.69) is 49.2 Å². The van der Waals surface area contributed by atoms with Crippen molar-refractivity contribution in [3.63, 3.8) is 0 Å². The van der Waals surface area contributed by atoms with E-state index in [0.717, 1.165) is 32.4 Å². The molecule has 0 amide bonds. The molecule has 0 radical (unpaired) electrons. The summed E-state index contributed by atoms with van der Waals surface area (Å²) < 4.78 is 0. The van der Waals surface area contributed by atoms with Gasteiger partial charge in [0, 0.05) is 18.5 Å². The van der Waals surface area contributed by atoms with E-state index < -0.39 is 0 Å². The molecule has 1 fully saturated rings. The third-order valence-electron chi connectivity index (χ3n) is 4.59. The molecule has 2 atom stereocenters. The molecule has 0 N–H and O–H groups in total. The molecule has 1 aliphatic rings. The van der Waals surface area contributed by atoms with Crippen LogP contribution in [0.3, 0.4) is 0 Å². The quantitative estimate of drug-likeness (QED) is 0.739. The summed E-state index contributed by atoms with van der Waals surface area (Å²) in [6.45, 7) is 4.21. The smallest absolute Gasteiger partial charge is 0.127 e. The van der Waals surface area contributed by atoms with E-state index in [4.69, 9.17) is 0 Å². The number of likely N-dealkylation sites (N-methyl/N-ethyl adjacent to an activating group) is 1. The van der Waals surface area contributed by atoms with Crippen LogP contribution in [-0.2, 0) is 11.2 Å². The van der Waals surface area contributed by atoms with E-state index >= 15 is 0 Å². The fourth-order valence-corrected chi connectivity index (χ4v) is 3.57. The molecule has 1 aromatic rings. The van der Waals surface area contributed by atoms with Crippen molar-refractivity contribution in [2.75, 3.05) is 20.1 Å². The maximum Gasteiger partial charge on any atom is 0.127 e. The zero-order valence-corrected chi connectivity index (χ0v) is 12.8. The molecule has 20 heavy (non-hydrogen) atoms. The summed E-state index contributed by atoms with van der Waals surface area (Å²) >= 11 is 0. The Morgan fingerprint density at radius 3 is 2.75 bits per heavy atom. The van der Waals surface area contributed by atoms with Gasteiger partial charge in [-0.2, -0.15) is 0 Å². The molecule has 0 aromatic heterocycles. The van der Waals surface area contributed by atoms with E-state index in [1.54, 1.807) is 0 Å². The van der Waals surface area contributed by atoms with Crippen LogP contribution in [0.2, 0.25) is 0 Å². The molecule has 0 spiro atoms. The highest BCUT2D eigenvalue weighted by atomic mass is 16.1. The van der Waals surface area contributed by atoms with Gasteiger partial charge in [0.1, 0.15) is 6.29 Å². The summed E-state index contributed by atoms with van der Waals surface area (Å²) in [7, 11) is 2.15. The monoisotopic (exact) mass is 273 g/mol. The Kier molecular flexibility index (Phi) is 5.36. The third-order valence-corrected chi connectivity index (χ3v) is 4.59. The highest BCUT2D eigenvalue weighted by molar-refractivity contribution is 5.60. The second-order valence-corrected chi connectivity index (χ2v) is 6.66. The predicted octanol–water partition coefficient (Wildman–Crippen LogP) is 3.56. The van der Waals surface area contributed by atoms with Crippen LogP contribution in [0.1, 0.15) is 38.2 Å². The van der Waals surface area contributed by atoms with Crippen molar-refractivity contribution in [2.24, 2.45) is 11.3 Å². The highest BCUT2D eigenvalue weighted by Crippen LogP contribution is 2.38. The fourth-order valence-electron chi connectivity index (χ4n) is 3.57. The van der Waals surface area contributed by atoms with E-state index in [-0.39, 0.29) is 5.41 Å². The zero-order valence-electron chi connectivity index (χ0n) is 12.8. The second-order valence-electron chi connectivity index (χ2n) is 6.66. The third kappa shape index (κ3) is 4.17. The molecular formula is C18H27NO. The second kappa shape index (κ2) is 7.03. The largest absolute Gasteiger partial charge is 0.305 e. The number of carbonyl (C=O) groups is 1. The van der Waals surface area contributed by atoms with Crippen LogP contribution in [-0.4, -0.2) is 31.3 Å². The van der Waals surface area contributed by atoms with Gasteiger partial charge in [0.15, 0.2) is 0 Å². The highest BCUT2D eigenvalue weighted by Gasteiger charge is 2.35. The molecule has 0 bridgehead atoms. The van der Waals surface area contributed by atoms with Gasteiger partial charge in [0.25, 0.3) is 0 Å². The first kappa shape index (κ1) is 15.2. The Bertz CT molecular complexity index is 417. The van der Waals surface area contributed by atoms with E-state index in [0.29, 0.717) is 5.92 Å². The topological polar surface area (TPSA) is 20.3 Å². The van der Waals surface area contributed by atoms with Gasteiger partial charge in [0.2, 0.25) is 0 Å². The number of hydrogen-bond donors (Lipinski definition) is 0. The number of hydrogen-bond acceptors (Lipinski definition) is 2. The van der Waals surface area contributed by atoms with Gasteiger partial charge in [0.05, 0.1) is 0 Å². The number of benzene rings is 1. The SMILES string of the molecule is CC1CCCC(C=O)(CN(C)CCc2ccccc2)C1. The first-order chi connectivity index (χ1) is 9.63. The molecule has 0 aliphatic heterocycles. The lowest BCUT2D eigenvalue weighted by atomic mass is 9.71. The van der Waals surface area contributed by atoms with Crippen molar-refractivity contribution in [1.82, 2.24) is 4.90 Å². The predicted molar refractivity (Wildman–Crippen MR) is 83.8 cm³/mol.